The SMILES string of the molecule is CCCN(CCC)S(=O)(=O)c1ccc(C(=O)Nc2sc3c(c2C(=O)OCC)CCN(C(=O)OCC)C3)cc1. The minimum Gasteiger partial charge on any atom is -0.462 e. The van der Waals surface area contributed by atoms with Crippen molar-refractivity contribution in [3.8, 4) is 0 Å². The maximum atomic E-state index is 13.1. The van der Waals surface area contributed by atoms with E-state index in [9.17, 15) is 22.8 Å². The van der Waals surface area contributed by atoms with Gasteiger partial charge in [0.25, 0.3) is 5.91 Å². The van der Waals surface area contributed by atoms with E-state index >= 15 is 0 Å². The Morgan fingerprint density at radius 1 is 1.00 bits per heavy atom. The van der Waals surface area contributed by atoms with Gasteiger partial charge >= 0.3 is 12.1 Å². The molecule has 0 aliphatic carbocycles. The summed E-state index contributed by atoms with van der Waals surface area (Å²) < 4.78 is 37.9. The summed E-state index contributed by atoms with van der Waals surface area (Å²) in [6, 6.07) is 5.76. The largest absolute Gasteiger partial charge is 0.462 e. The summed E-state index contributed by atoms with van der Waals surface area (Å²) in [7, 11) is -3.67. The molecule has 1 aromatic carbocycles. The number of fused-ring (bicyclic) bond motifs is 1. The van der Waals surface area contributed by atoms with Gasteiger partial charge in [0.15, 0.2) is 0 Å². The molecule has 2 heterocycles. The van der Waals surface area contributed by atoms with Crippen LogP contribution in [0.3, 0.4) is 0 Å². The molecule has 0 bridgehead atoms. The molecule has 0 atom stereocenters. The lowest BCUT2D eigenvalue weighted by molar-refractivity contribution is 0.0526. The van der Waals surface area contributed by atoms with Crippen LogP contribution in [0.2, 0.25) is 0 Å². The van der Waals surface area contributed by atoms with Crippen LogP contribution in [0, 0.1) is 0 Å². The number of hydrogen-bond donors (Lipinski definition) is 1. The van der Waals surface area contributed by atoms with Crippen LogP contribution in [-0.4, -0.2) is 68.4 Å². The number of hydrogen-bond acceptors (Lipinski definition) is 8. The fourth-order valence-electron chi connectivity index (χ4n) is 4.23. The maximum Gasteiger partial charge on any atom is 0.410 e. The number of ether oxygens (including phenoxy) is 2. The van der Waals surface area contributed by atoms with Crippen LogP contribution in [0.1, 0.15) is 71.7 Å². The monoisotopic (exact) mass is 565 g/mol. The zero-order valence-corrected chi connectivity index (χ0v) is 23.9. The highest BCUT2D eigenvalue weighted by atomic mass is 32.2. The molecule has 0 saturated carbocycles. The molecule has 12 heteroatoms. The smallest absolute Gasteiger partial charge is 0.410 e. The highest BCUT2D eigenvalue weighted by Gasteiger charge is 2.32. The third kappa shape index (κ3) is 6.54. The Hall–Kier alpha value is -2.96. The zero-order valence-electron chi connectivity index (χ0n) is 22.2. The number of esters is 1. The van der Waals surface area contributed by atoms with E-state index in [1.807, 2.05) is 13.8 Å². The minimum absolute atomic E-state index is 0.119. The molecule has 2 aromatic rings. The van der Waals surface area contributed by atoms with E-state index in [4.69, 9.17) is 9.47 Å². The van der Waals surface area contributed by atoms with Crippen molar-refractivity contribution < 1.29 is 32.3 Å². The van der Waals surface area contributed by atoms with Gasteiger partial charge in [0.1, 0.15) is 5.00 Å². The van der Waals surface area contributed by atoms with Crippen LogP contribution in [-0.2, 0) is 32.5 Å². The Labute approximate surface area is 228 Å². The molecule has 0 unspecified atom stereocenters. The van der Waals surface area contributed by atoms with Crippen LogP contribution in [0.25, 0.3) is 0 Å². The van der Waals surface area contributed by atoms with Gasteiger partial charge in [0, 0.05) is 30.1 Å². The van der Waals surface area contributed by atoms with Crippen molar-refractivity contribution in [1.29, 1.82) is 0 Å². The summed E-state index contributed by atoms with van der Waals surface area (Å²) in [5.74, 6) is -1.03. The number of anilines is 1. The van der Waals surface area contributed by atoms with Gasteiger partial charge in [-0.3, -0.25) is 4.79 Å². The average molecular weight is 566 g/mol. The number of carbonyl (C=O) groups excluding carboxylic acids is 3. The molecule has 1 aliphatic rings. The first-order chi connectivity index (χ1) is 18.2. The van der Waals surface area contributed by atoms with Crippen LogP contribution in [0.5, 0.6) is 0 Å². The molecular formula is C26H35N3O7S2. The second-order valence-corrected chi connectivity index (χ2v) is 11.7. The summed E-state index contributed by atoms with van der Waals surface area (Å²) in [5.41, 5.74) is 1.28. The molecule has 3 rings (SSSR count). The molecule has 0 spiro atoms. The third-order valence-corrected chi connectivity index (χ3v) is 9.03. The molecule has 0 radical (unpaired) electrons. The quantitative estimate of drug-likeness (QED) is 0.398. The van der Waals surface area contributed by atoms with E-state index in [1.165, 1.54) is 39.9 Å². The number of rotatable bonds is 11. The van der Waals surface area contributed by atoms with Gasteiger partial charge in [-0.2, -0.15) is 4.31 Å². The first-order valence-electron chi connectivity index (χ1n) is 12.8. The van der Waals surface area contributed by atoms with Crippen molar-refractivity contribution in [2.45, 2.75) is 58.4 Å². The van der Waals surface area contributed by atoms with Crippen molar-refractivity contribution in [2.75, 3.05) is 38.2 Å². The fourth-order valence-corrected chi connectivity index (χ4v) is 7.11. The Balaban J connectivity index is 1.85. The molecule has 1 aromatic heterocycles. The number of nitrogens with one attached hydrogen (secondary N) is 1. The van der Waals surface area contributed by atoms with Crippen LogP contribution >= 0.6 is 11.3 Å². The van der Waals surface area contributed by atoms with Crippen molar-refractivity contribution in [3.05, 3.63) is 45.8 Å². The Bertz CT molecular complexity index is 1250. The van der Waals surface area contributed by atoms with E-state index in [-0.39, 0.29) is 35.8 Å². The first kappa shape index (κ1) is 29.6. The summed E-state index contributed by atoms with van der Waals surface area (Å²) >= 11 is 1.22. The lowest BCUT2D eigenvalue weighted by Gasteiger charge is -2.26. The molecular weight excluding hydrogens is 530 g/mol. The van der Waals surface area contributed by atoms with E-state index < -0.39 is 28.0 Å². The minimum atomic E-state index is -3.67. The number of carbonyl (C=O) groups is 3. The average Bonchev–Trinajstić information content (AvgIpc) is 3.25. The van der Waals surface area contributed by atoms with Crippen molar-refractivity contribution in [3.63, 3.8) is 0 Å². The van der Waals surface area contributed by atoms with Gasteiger partial charge in [0.2, 0.25) is 10.0 Å². The molecule has 0 fully saturated rings. The predicted octanol–water partition coefficient (Wildman–Crippen LogP) is 4.50. The van der Waals surface area contributed by atoms with E-state index in [2.05, 4.69) is 5.32 Å². The van der Waals surface area contributed by atoms with Crippen molar-refractivity contribution >= 4 is 44.3 Å². The standard InChI is InChI=1S/C26H35N3O7S2/c1-5-14-29(15-6-2)38(33,34)19-11-9-18(10-12-19)23(30)27-24-22(25(31)35-7-3)20-13-16-28(17-21(20)37-24)26(32)36-8-4/h9-12H,5-8,13-17H2,1-4H3,(H,27,30). The second-order valence-electron chi connectivity index (χ2n) is 8.68. The van der Waals surface area contributed by atoms with Gasteiger partial charge in [0.05, 0.1) is 30.2 Å². The highest BCUT2D eigenvalue weighted by molar-refractivity contribution is 7.89. The fraction of sp³-hybridized carbons (Fsp3) is 0.500. The highest BCUT2D eigenvalue weighted by Crippen LogP contribution is 2.38. The van der Waals surface area contributed by atoms with Crippen LogP contribution in [0.4, 0.5) is 9.80 Å². The number of nitrogens with zero attached hydrogens (tertiary/aromatic N) is 2. The van der Waals surface area contributed by atoms with E-state index in [1.54, 1.807) is 18.7 Å². The van der Waals surface area contributed by atoms with Gasteiger partial charge in [-0.25, -0.2) is 18.0 Å². The second kappa shape index (κ2) is 13.2. The first-order valence-corrected chi connectivity index (χ1v) is 15.1. The normalized spacial score (nSPS) is 13.2. The van der Waals surface area contributed by atoms with Gasteiger partial charge in [-0.05, 0) is 62.9 Å². The zero-order chi connectivity index (χ0) is 27.9. The molecule has 10 nitrogen and oxygen atoms in total. The number of thiophene rings is 1. The Kier molecular flexibility index (Phi) is 10.3. The summed E-state index contributed by atoms with van der Waals surface area (Å²) in [6.07, 6.45) is 1.39. The number of amides is 2. The van der Waals surface area contributed by atoms with Gasteiger partial charge < -0.3 is 19.7 Å². The molecule has 208 valence electrons. The summed E-state index contributed by atoms with van der Waals surface area (Å²) in [4.78, 5) is 40.6. The molecule has 1 aliphatic heterocycles. The lowest BCUT2D eigenvalue weighted by Crippen LogP contribution is -2.36. The van der Waals surface area contributed by atoms with Crippen LogP contribution in [0.15, 0.2) is 29.2 Å². The van der Waals surface area contributed by atoms with Crippen LogP contribution < -0.4 is 5.32 Å². The molecule has 2 amide bonds. The topological polar surface area (TPSA) is 122 Å². The lowest BCUT2D eigenvalue weighted by atomic mass is 10.0. The van der Waals surface area contributed by atoms with E-state index in [0.717, 1.165) is 10.4 Å². The third-order valence-electron chi connectivity index (χ3n) is 5.99. The van der Waals surface area contributed by atoms with Gasteiger partial charge in [-0.1, -0.05) is 13.8 Å². The summed E-state index contributed by atoms with van der Waals surface area (Å²) in [5, 5.41) is 3.13. The molecule has 0 saturated heterocycles. The maximum absolute atomic E-state index is 13.1. The van der Waals surface area contributed by atoms with E-state index in [0.29, 0.717) is 43.9 Å². The Morgan fingerprint density at radius 3 is 2.21 bits per heavy atom. The van der Waals surface area contributed by atoms with Crippen molar-refractivity contribution in [2.24, 2.45) is 0 Å². The molecule has 1 N–H and O–H groups in total. The molecule has 38 heavy (non-hydrogen) atoms. The Morgan fingerprint density at radius 2 is 1.63 bits per heavy atom. The number of benzene rings is 1. The van der Waals surface area contributed by atoms with Gasteiger partial charge in [-0.15, -0.1) is 11.3 Å². The number of sulfonamides is 1. The summed E-state index contributed by atoms with van der Waals surface area (Å²) in [6.45, 7) is 9.21. The predicted molar refractivity (Wildman–Crippen MR) is 145 cm³/mol. The van der Waals surface area contributed by atoms with Crippen molar-refractivity contribution in [1.82, 2.24) is 9.21 Å².